The number of para-hydroxylation sites is 2. The minimum atomic E-state index is -1.16. The number of aromatic hydroxyl groups is 1. The van der Waals surface area contributed by atoms with Crippen molar-refractivity contribution in [3.8, 4) is 11.5 Å². The van der Waals surface area contributed by atoms with Gasteiger partial charge >= 0.3 is 23.9 Å². The van der Waals surface area contributed by atoms with Crippen LogP contribution in [-0.2, 0) is 14.4 Å². The number of fused-ring (bicyclic) bond motifs is 1. The van der Waals surface area contributed by atoms with Crippen LogP contribution in [0.25, 0.3) is 16.8 Å². The van der Waals surface area contributed by atoms with Gasteiger partial charge in [-0.05, 0) is 84.3 Å². The van der Waals surface area contributed by atoms with Crippen LogP contribution >= 0.6 is 11.8 Å². The minimum absolute atomic E-state index is 0.156. The number of aromatic carboxylic acids is 1. The second-order valence-electron chi connectivity index (χ2n) is 16.8. The molecule has 0 spiro atoms. The Morgan fingerprint density at radius 1 is 0.620 bits per heavy atom. The maximum Gasteiger partial charge on any atom is 0.335 e. The van der Waals surface area contributed by atoms with E-state index in [4.69, 9.17) is 30.3 Å². The summed E-state index contributed by atoms with van der Waals surface area (Å²) in [5.74, 6) is -2.24. The van der Waals surface area contributed by atoms with Gasteiger partial charge in [0.2, 0.25) is 0 Å². The molecule has 71 heavy (non-hydrogen) atoms. The molecule has 5 aromatic carbocycles. The van der Waals surface area contributed by atoms with Crippen LogP contribution in [0.3, 0.4) is 0 Å². The molecular weight excluding hydrogens is 919 g/mol. The fourth-order valence-electron chi connectivity index (χ4n) is 6.85. The number of aliphatic hydroxyl groups excluding tert-OH is 1. The van der Waals surface area contributed by atoms with Crippen LogP contribution < -0.4 is 4.74 Å². The van der Waals surface area contributed by atoms with Gasteiger partial charge in [-0.25, -0.2) is 14.4 Å². The predicted molar refractivity (Wildman–Crippen MR) is 288 cm³/mol. The van der Waals surface area contributed by atoms with E-state index in [-0.39, 0.29) is 17.7 Å². The number of hydrogen-bond donors (Lipinski definition) is 6. The molecule has 0 heterocycles. The molecule has 0 bridgehead atoms. The van der Waals surface area contributed by atoms with Gasteiger partial charge in [0.25, 0.3) is 0 Å². The third-order valence-electron chi connectivity index (χ3n) is 10.9. The second-order valence-corrected chi connectivity index (χ2v) is 18.0. The number of aliphatic imine (C=N–C) groups is 1. The Morgan fingerprint density at radius 2 is 1.17 bits per heavy atom. The molecule has 1 atom stereocenters. The van der Waals surface area contributed by atoms with Gasteiger partial charge in [-0.15, -0.1) is 11.8 Å². The van der Waals surface area contributed by atoms with Gasteiger partial charge in [0, 0.05) is 34.1 Å². The van der Waals surface area contributed by atoms with E-state index in [1.165, 1.54) is 113 Å². The smallest absolute Gasteiger partial charge is 0.335 e. The van der Waals surface area contributed by atoms with Crippen molar-refractivity contribution in [2.24, 2.45) is 4.99 Å². The molecule has 384 valence electrons. The summed E-state index contributed by atoms with van der Waals surface area (Å²) in [6, 6.07) is 35.0. The van der Waals surface area contributed by atoms with Crippen LogP contribution in [0, 0.1) is 0 Å². The van der Waals surface area contributed by atoms with Crippen LogP contribution in [-0.4, -0.2) is 79.2 Å². The van der Waals surface area contributed by atoms with E-state index < -0.39 is 30.0 Å². The van der Waals surface area contributed by atoms with Crippen LogP contribution in [0.15, 0.2) is 131 Å². The van der Waals surface area contributed by atoms with Crippen LogP contribution in [0.1, 0.15) is 151 Å². The number of benzene rings is 5. The number of aliphatic hydroxyl groups is 1. The summed E-state index contributed by atoms with van der Waals surface area (Å²) in [5, 5.41) is 54.8. The lowest BCUT2D eigenvalue weighted by Crippen LogP contribution is -2.18. The van der Waals surface area contributed by atoms with Gasteiger partial charge in [0.15, 0.2) is 6.10 Å². The molecule has 5 rings (SSSR count). The molecule has 0 aliphatic heterocycles. The number of rotatable bonds is 29. The first kappa shape index (κ1) is 60.7. The molecular formula is C58H75NO11S. The largest absolute Gasteiger partial charge is 0.507 e. The highest BCUT2D eigenvalue weighted by Crippen LogP contribution is 2.24. The maximum atomic E-state index is 10.7. The number of phenolic OH excluding ortho intramolecular Hbond substituents is 1. The summed E-state index contributed by atoms with van der Waals surface area (Å²) in [5.41, 5.74) is 2.27. The molecule has 0 fully saturated rings. The standard InChI is InChI=1S/C25H40O3.C14H11NO3.C13H12O2S.C6H12O3/c1-2-3-4-5-6-7-8-9-10-11-12-13-14-17-22-28-24-19-16-15-18-23(24)20-21-25(26)27;16-13-4-2-1-3-11(13)9-15-12-7-5-10(6-8-12)14(17)18;14-13(15)7-8-16-12-6-5-10-3-1-2-4-11(10)9-12;1-2-3-4-5(7)6(8)9/h15-16,18-21H,2-14,17,22H2,1H3,(H,26,27);1-9,16H,(H,17,18);1-6,9H,7-8H2,(H,14,15);5,7H,2-4H2,1H3,(H,8,9). The van der Waals surface area contributed by atoms with Crippen molar-refractivity contribution in [2.45, 2.75) is 140 Å². The van der Waals surface area contributed by atoms with Crippen molar-refractivity contribution in [1.29, 1.82) is 0 Å². The molecule has 6 N–H and O–H groups in total. The van der Waals surface area contributed by atoms with Crippen molar-refractivity contribution in [1.82, 2.24) is 0 Å². The average molecular weight is 994 g/mol. The van der Waals surface area contributed by atoms with Crippen molar-refractivity contribution < 1.29 is 54.6 Å². The molecule has 0 aliphatic rings. The number of carbonyl (C=O) groups is 4. The van der Waals surface area contributed by atoms with E-state index >= 15 is 0 Å². The van der Waals surface area contributed by atoms with Gasteiger partial charge in [-0.2, -0.15) is 0 Å². The number of aliphatic carboxylic acids is 3. The number of carboxylic acids is 4. The summed E-state index contributed by atoms with van der Waals surface area (Å²) in [7, 11) is 0. The molecule has 0 saturated carbocycles. The number of ether oxygens (including phenoxy) is 1. The van der Waals surface area contributed by atoms with E-state index in [9.17, 15) is 24.3 Å². The summed E-state index contributed by atoms with van der Waals surface area (Å²) < 4.78 is 5.83. The Balaban J connectivity index is 0.000000347. The number of thioether (sulfide) groups is 1. The van der Waals surface area contributed by atoms with E-state index in [1.54, 1.807) is 54.2 Å². The third-order valence-corrected chi connectivity index (χ3v) is 11.9. The monoisotopic (exact) mass is 994 g/mol. The first-order valence-corrected chi connectivity index (χ1v) is 25.9. The van der Waals surface area contributed by atoms with Crippen molar-refractivity contribution in [2.75, 3.05) is 12.4 Å². The highest BCUT2D eigenvalue weighted by molar-refractivity contribution is 7.99. The lowest BCUT2D eigenvalue weighted by molar-refractivity contribution is -0.147. The zero-order chi connectivity index (χ0) is 51.9. The Morgan fingerprint density at radius 3 is 1.73 bits per heavy atom. The molecule has 1 unspecified atom stereocenters. The fraction of sp³-hybridized carbons (Fsp3) is 0.397. The molecule has 0 saturated heterocycles. The van der Waals surface area contributed by atoms with Gasteiger partial charge in [0.1, 0.15) is 11.5 Å². The maximum absolute atomic E-state index is 10.7. The summed E-state index contributed by atoms with van der Waals surface area (Å²) in [6.07, 6.45) is 24.2. The summed E-state index contributed by atoms with van der Waals surface area (Å²) in [6.45, 7) is 4.92. The Labute approximate surface area is 424 Å². The molecule has 5 aromatic rings. The van der Waals surface area contributed by atoms with Gasteiger partial charge < -0.3 is 35.4 Å². The highest BCUT2D eigenvalue weighted by Gasteiger charge is 2.10. The van der Waals surface area contributed by atoms with Crippen molar-refractivity contribution in [3.05, 3.63) is 138 Å². The fourth-order valence-corrected chi connectivity index (χ4v) is 7.74. The number of phenols is 1. The normalized spacial score (nSPS) is 11.1. The first-order chi connectivity index (χ1) is 34.3. The Kier molecular flexibility index (Phi) is 32.8. The van der Waals surface area contributed by atoms with E-state index in [0.29, 0.717) is 30.0 Å². The molecule has 13 heteroatoms. The average Bonchev–Trinajstić information content (AvgIpc) is 3.36. The lowest BCUT2D eigenvalue weighted by Gasteiger charge is -2.09. The van der Waals surface area contributed by atoms with E-state index in [0.717, 1.165) is 41.5 Å². The molecule has 12 nitrogen and oxygen atoms in total. The van der Waals surface area contributed by atoms with E-state index in [1.807, 2.05) is 49.4 Å². The molecule has 0 aromatic heterocycles. The summed E-state index contributed by atoms with van der Waals surface area (Å²) in [4.78, 5) is 47.0. The molecule has 0 amide bonds. The van der Waals surface area contributed by atoms with Crippen LogP contribution in [0.5, 0.6) is 11.5 Å². The van der Waals surface area contributed by atoms with Crippen LogP contribution in [0.2, 0.25) is 0 Å². The Bertz CT molecular complexity index is 2330. The number of nitrogens with zero attached hydrogens (tertiary/aromatic N) is 1. The second kappa shape index (κ2) is 38.3. The van der Waals surface area contributed by atoms with Crippen molar-refractivity contribution in [3.63, 3.8) is 0 Å². The van der Waals surface area contributed by atoms with Crippen LogP contribution in [0.4, 0.5) is 5.69 Å². The minimum Gasteiger partial charge on any atom is -0.507 e. The SMILES string of the molecule is CCCCC(O)C(=O)O.CCCCCCCCCCCCCCCCOc1ccccc1C=CC(=O)O.O=C(O)CCSc1ccc2ccccc2c1.O=C(O)c1ccc(N=Cc2ccccc2O)cc1. The first-order valence-electron chi connectivity index (χ1n) is 24.9. The van der Waals surface area contributed by atoms with Crippen molar-refractivity contribution >= 4 is 64.4 Å². The topological polar surface area (TPSA) is 211 Å². The molecule has 0 radical (unpaired) electrons. The number of unbranched alkanes of at least 4 members (excludes halogenated alkanes) is 14. The number of carboxylic acid groups (broad SMARTS) is 4. The molecule has 0 aliphatic carbocycles. The summed E-state index contributed by atoms with van der Waals surface area (Å²) >= 11 is 1.58. The predicted octanol–water partition coefficient (Wildman–Crippen LogP) is 14.5. The zero-order valence-electron chi connectivity index (χ0n) is 41.5. The van der Waals surface area contributed by atoms with Gasteiger partial charge in [-0.1, -0.05) is 171 Å². The third kappa shape index (κ3) is 29.4. The quantitative estimate of drug-likeness (QED) is 0.0114. The lowest BCUT2D eigenvalue weighted by atomic mass is 10.0. The van der Waals surface area contributed by atoms with Gasteiger partial charge in [0.05, 0.1) is 24.3 Å². The number of hydrogen-bond acceptors (Lipinski definition) is 9. The Hall–Kier alpha value is -6.44. The zero-order valence-corrected chi connectivity index (χ0v) is 42.3. The van der Waals surface area contributed by atoms with E-state index in [2.05, 4.69) is 36.2 Å². The highest BCUT2D eigenvalue weighted by atomic mass is 32.2. The van der Waals surface area contributed by atoms with Gasteiger partial charge in [-0.3, -0.25) is 9.79 Å².